The van der Waals surface area contributed by atoms with Gasteiger partial charge in [0, 0.05) is 36.7 Å². The number of nitrogens with zero attached hydrogens (tertiary/aromatic N) is 1. The predicted octanol–water partition coefficient (Wildman–Crippen LogP) is 2.06. The lowest BCUT2D eigenvalue weighted by Crippen LogP contribution is -2.46. The maximum absolute atomic E-state index is 3.29. The summed E-state index contributed by atoms with van der Waals surface area (Å²) in [6, 6.07) is 0. The molecule has 0 aromatic carbocycles. The Bertz CT molecular complexity index is 184. The summed E-state index contributed by atoms with van der Waals surface area (Å²) in [7, 11) is 2.04. The van der Waals surface area contributed by atoms with Crippen LogP contribution in [0.15, 0.2) is 0 Å². The Morgan fingerprint density at radius 3 is 2.27 bits per heavy atom. The van der Waals surface area contributed by atoms with Gasteiger partial charge in [0.05, 0.1) is 0 Å². The van der Waals surface area contributed by atoms with Crippen LogP contribution in [0.5, 0.6) is 0 Å². The summed E-state index contributed by atoms with van der Waals surface area (Å²) in [5, 5.41) is 4.87. The molecule has 15 heavy (non-hydrogen) atoms. The molecule has 1 saturated heterocycles. The molecule has 0 saturated carbocycles. The Hall–Kier alpha value is 0.270. The van der Waals surface area contributed by atoms with Crippen molar-refractivity contribution in [3.8, 4) is 0 Å². The molecule has 3 heteroatoms. The van der Waals surface area contributed by atoms with Gasteiger partial charge in [-0.2, -0.15) is 11.8 Å². The molecule has 1 aliphatic heterocycles. The largest absolute Gasteiger partial charge is 0.319 e. The zero-order valence-corrected chi connectivity index (χ0v) is 11.7. The highest BCUT2D eigenvalue weighted by Gasteiger charge is 2.27. The molecule has 0 aromatic heterocycles. The van der Waals surface area contributed by atoms with Crippen molar-refractivity contribution >= 4 is 11.8 Å². The molecule has 0 aliphatic carbocycles. The molecule has 2 nitrogen and oxygen atoms in total. The van der Waals surface area contributed by atoms with Gasteiger partial charge in [-0.05, 0) is 12.5 Å². The van der Waals surface area contributed by atoms with Crippen molar-refractivity contribution in [2.75, 3.05) is 33.2 Å². The molecule has 1 fully saturated rings. The third-order valence-corrected chi connectivity index (χ3v) is 4.03. The van der Waals surface area contributed by atoms with Crippen LogP contribution in [0.1, 0.15) is 27.7 Å². The summed E-state index contributed by atoms with van der Waals surface area (Å²) in [4.78, 5) is 2.63. The maximum Gasteiger partial charge on any atom is 0.0149 e. The fraction of sp³-hybridized carbons (Fsp3) is 1.00. The number of hydrogen-bond donors (Lipinski definition) is 1. The smallest absolute Gasteiger partial charge is 0.0149 e. The molecular formula is C12H26N2S. The van der Waals surface area contributed by atoms with E-state index in [1.54, 1.807) is 0 Å². The van der Waals surface area contributed by atoms with Gasteiger partial charge >= 0.3 is 0 Å². The van der Waals surface area contributed by atoms with Crippen molar-refractivity contribution in [2.24, 2.45) is 5.41 Å². The molecule has 0 radical (unpaired) electrons. The van der Waals surface area contributed by atoms with Gasteiger partial charge in [-0.15, -0.1) is 0 Å². The van der Waals surface area contributed by atoms with Crippen LogP contribution in [-0.4, -0.2) is 48.6 Å². The van der Waals surface area contributed by atoms with E-state index in [-0.39, 0.29) is 0 Å². The lowest BCUT2D eigenvalue weighted by Gasteiger charge is -2.39. The van der Waals surface area contributed by atoms with Crippen molar-refractivity contribution in [1.82, 2.24) is 10.2 Å². The SMILES string of the molecule is CNCC(C)(C)CN1CC(C)SC(C)C1. The van der Waals surface area contributed by atoms with E-state index in [1.807, 2.05) is 7.05 Å². The molecule has 0 bridgehead atoms. The summed E-state index contributed by atoms with van der Waals surface area (Å²) in [6.45, 7) is 14.2. The van der Waals surface area contributed by atoms with Gasteiger partial charge in [0.1, 0.15) is 0 Å². The molecular weight excluding hydrogens is 204 g/mol. The monoisotopic (exact) mass is 230 g/mol. The molecule has 0 aromatic rings. The normalized spacial score (nSPS) is 29.4. The van der Waals surface area contributed by atoms with Crippen LogP contribution in [0, 0.1) is 5.41 Å². The van der Waals surface area contributed by atoms with Crippen molar-refractivity contribution in [3.63, 3.8) is 0 Å². The lowest BCUT2D eigenvalue weighted by atomic mass is 9.92. The van der Waals surface area contributed by atoms with Gasteiger partial charge < -0.3 is 10.2 Å². The van der Waals surface area contributed by atoms with Crippen LogP contribution in [-0.2, 0) is 0 Å². The van der Waals surface area contributed by atoms with Crippen LogP contribution in [0.2, 0.25) is 0 Å². The van der Waals surface area contributed by atoms with Crippen molar-refractivity contribution < 1.29 is 0 Å². The second-order valence-corrected chi connectivity index (χ2v) is 7.53. The number of nitrogens with one attached hydrogen (secondary N) is 1. The summed E-state index contributed by atoms with van der Waals surface area (Å²) in [6.07, 6.45) is 0. The Balaban J connectivity index is 2.43. The van der Waals surface area contributed by atoms with E-state index in [2.05, 4.69) is 49.7 Å². The first-order valence-electron chi connectivity index (χ1n) is 5.95. The minimum Gasteiger partial charge on any atom is -0.319 e. The highest BCUT2D eigenvalue weighted by atomic mass is 32.2. The van der Waals surface area contributed by atoms with Crippen LogP contribution in [0.25, 0.3) is 0 Å². The second-order valence-electron chi connectivity index (χ2n) is 5.65. The average Bonchev–Trinajstić information content (AvgIpc) is 1.99. The van der Waals surface area contributed by atoms with Crippen molar-refractivity contribution in [2.45, 2.75) is 38.2 Å². The van der Waals surface area contributed by atoms with E-state index in [4.69, 9.17) is 0 Å². The minimum atomic E-state index is 0.385. The fourth-order valence-electron chi connectivity index (χ4n) is 2.55. The van der Waals surface area contributed by atoms with Crippen molar-refractivity contribution in [3.05, 3.63) is 0 Å². The van der Waals surface area contributed by atoms with Gasteiger partial charge in [0.15, 0.2) is 0 Å². The van der Waals surface area contributed by atoms with E-state index < -0.39 is 0 Å². The Labute approximate surface area is 99.2 Å². The Morgan fingerprint density at radius 1 is 1.27 bits per heavy atom. The zero-order chi connectivity index (χ0) is 11.5. The first-order chi connectivity index (χ1) is 6.93. The maximum atomic E-state index is 3.29. The zero-order valence-electron chi connectivity index (χ0n) is 10.8. The lowest BCUT2D eigenvalue weighted by molar-refractivity contribution is 0.175. The number of rotatable bonds is 4. The topological polar surface area (TPSA) is 15.3 Å². The van der Waals surface area contributed by atoms with Gasteiger partial charge in [0.25, 0.3) is 0 Å². The number of hydrogen-bond acceptors (Lipinski definition) is 3. The van der Waals surface area contributed by atoms with Crippen molar-refractivity contribution in [1.29, 1.82) is 0 Å². The fourth-order valence-corrected chi connectivity index (χ4v) is 3.94. The van der Waals surface area contributed by atoms with Crippen LogP contribution in [0.4, 0.5) is 0 Å². The summed E-state index contributed by atoms with van der Waals surface area (Å²) < 4.78 is 0. The van der Waals surface area contributed by atoms with Crippen LogP contribution >= 0.6 is 11.8 Å². The summed E-state index contributed by atoms with van der Waals surface area (Å²) in [5.74, 6) is 0. The van der Waals surface area contributed by atoms with E-state index >= 15 is 0 Å². The summed E-state index contributed by atoms with van der Waals surface area (Å²) in [5.41, 5.74) is 0.385. The van der Waals surface area contributed by atoms with Crippen LogP contribution < -0.4 is 5.32 Å². The van der Waals surface area contributed by atoms with Gasteiger partial charge in [-0.3, -0.25) is 0 Å². The Morgan fingerprint density at radius 2 is 1.80 bits per heavy atom. The molecule has 1 rings (SSSR count). The first kappa shape index (κ1) is 13.3. The molecule has 90 valence electrons. The molecule has 0 amide bonds. The molecule has 1 N–H and O–H groups in total. The van der Waals surface area contributed by atoms with E-state index in [1.165, 1.54) is 19.6 Å². The standard InChI is InChI=1S/C12H26N2S/c1-10-6-14(7-11(2)15-10)9-12(3,4)8-13-5/h10-11,13H,6-9H2,1-5H3. The molecule has 2 unspecified atom stereocenters. The van der Waals surface area contributed by atoms with Gasteiger partial charge in [0.2, 0.25) is 0 Å². The average molecular weight is 230 g/mol. The Kier molecular flexibility index (Phi) is 4.94. The molecule has 1 aliphatic rings. The summed E-state index contributed by atoms with van der Waals surface area (Å²) >= 11 is 2.13. The predicted molar refractivity (Wildman–Crippen MR) is 70.7 cm³/mol. The minimum absolute atomic E-state index is 0.385. The van der Waals surface area contributed by atoms with E-state index in [0.717, 1.165) is 17.0 Å². The highest BCUT2D eigenvalue weighted by molar-refractivity contribution is 8.00. The third kappa shape index (κ3) is 4.75. The van der Waals surface area contributed by atoms with Gasteiger partial charge in [-0.1, -0.05) is 27.7 Å². The molecule has 2 atom stereocenters. The number of thioether (sulfide) groups is 1. The molecule has 1 heterocycles. The molecule has 0 spiro atoms. The van der Waals surface area contributed by atoms with E-state index in [9.17, 15) is 0 Å². The van der Waals surface area contributed by atoms with Gasteiger partial charge in [-0.25, -0.2) is 0 Å². The highest BCUT2D eigenvalue weighted by Crippen LogP contribution is 2.27. The van der Waals surface area contributed by atoms with E-state index in [0.29, 0.717) is 5.41 Å². The van der Waals surface area contributed by atoms with Crippen LogP contribution in [0.3, 0.4) is 0 Å². The second kappa shape index (κ2) is 5.55. The third-order valence-electron chi connectivity index (χ3n) is 2.80. The first-order valence-corrected chi connectivity index (χ1v) is 6.89. The quantitative estimate of drug-likeness (QED) is 0.796.